The van der Waals surface area contributed by atoms with Crippen molar-refractivity contribution < 1.29 is 4.79 Å². The number of carbonyl (C=O) groups excluding carboxylic acids is 1. The Kier molecular flexibility index (Phi) is 2.78. The van der Waals surface area contributed by atoms with Crippen molar-refractivity contribution in [1.82, 2.24) is 4.98 Å². The normalized spacial score (nSPS) is 10.2. The maximum Gasteiger partial charge on any atom is 0.248 e. The zero-order valence-electron chi connectivity index (χ0n) is 9.47. The van der Waals surface area contributed by atoms with Gasteiger partial charge in [-0.1, -0.05) is 12.1 Å². The zero-order chi connectivity index (χ0) is 12.4. The van der Waals surface area contributed by atoms with Crippen LogP contribution in [-0.4, -0.2) is 10.9 Å². The lowest BCUT2D eigenvalue weighted by molar-refractivity contribution is 0.100. The van der Waals surface area contributed by atoms with Gasteiger partial charge in [0.25, 0.3) is 0 Å². The van der Waals surface area contributed by atoms with E-state index < -0.39 is 5.91 Å². The minimum Gasteiger partial charge on any atom is -0.384 e. The first kappa shape index (κ1) is 11.1. The van der Waals surface area contributed by atoms with E-state index in [1.54, 1.807) is 24.3 Å². The maximum absolute atomic E-state index is 11.1. The lowest BCUT2D eigenvalue weighted by Gasteiger charge is -2.07. The topological polar surface area (TPSA) is 82.0 Å². The number of anilines is 1. The molecule has 0 bridgehead atoms. The molecule has 2 rings (SSSR count). The molecule has 0 atom stereocenters. The predicted molar refractivity (Wildman–Crippen MR) is 67.3 cm³/mol. The van der Waals surface area contributed by atoms with Crippen LogP contribution in [0.15, 0.2) is 36.4 Å². The van der Waals surface area contributed by atoms with Crippen LogP contribution in [0, 0.1) is 6.92 Å². The number of nitrogens with zero attached hydrogens (tertiary/aromatic N) is 1. The second kappa shape index (κ2) is 4.25. The van der Waals surface area contributed by atoms with Crippen molar-refractivity contribution >= 4 is 11.7 Å². The van der Waals surface area contributed by atoms with E-state index in [0.717, 1.165) is 16.8 Å². The number of benzene rings is 1. The Hall–Kier alpha value is -2.36. The van der Waals surface area contributed by atoms with Crippen molar-refractivity contribution in [2.24, 2.45) is 5.73 Å². The van der Waals surface area contributed by atoms with Crippen LogP contribution in [-0.2, 0) is 0 Å². The molecule has 0 saturated heterocycles. The summed E-state index contributed by atoms with van der Waals surface area (Å²) < 4.78 is 0. The molecule has 1 amide bonds. The molecule has 1 aromatic heterocycles. The molecule has 4 N–H and O–H groups in total. The molecule has 1 heterocycles. The summed E-state index contributed by atoms with van der Waals surface area (Å²) in [5, 5.41) is 0. The van der Waals surface area contributed by atoms with E-state index in [4.69, 9.17) is 11.5 Å². The number of rotatable bonds is 2. The summed E-state index contributed by atoms with van der Waals surface area (Å²) >= 11 is 0. The van der Waals surface area contributed by atoms with Gasteiger partial charge >= 0.3 is 0 Å². The Morgan fingerprint density at radius 1 is 1.24 bits per heavy atom. The molecule has 86 valence electrons. The van der Waals surface area contributed by atoms with Crippen molar-refractivity contribution in [1.29, 1.82) is 0 Å². The van der Waals surface area contributed by atoms with Gasteiger partial charge in [0.2, 0.25) is 5.91 Å². The van der Waals surface area contributed by atoms with Crippen LogP contribution in [0.1, 0.15) is 16.1 Å². The van der Waals surface area contributed by atoms with Crippen LogP contribution in [0.4, 0.5) is 5.82 Å². The molecule has 0 aliphatic heterocycles. The summed E-state index contributed by atoms with van der Waals surface area (Å²) in [5.74, 6) is 0.0465. The number of amides is 1. The van der Waals surface area contributed by atoms with Gasteiger partial charge in [-0.3, -0.25) is 4.79 Å². The number of nitrogen functional groups attached to an aromatic ring is 1. The average Bonchev–Trinajstić information content (AvgIpc) is 2.29. The van der Waals surface area contributed by atoms with E-state index >= 15 is 0 Å². The molecule has 0 saturated carbocycles. The highest BCUT2D eigenvalue weighted by Gasteiger charge is 2.06. The van der Waals surface area contributed by atoms with E-state index in [9.17, 15) is 4.79 Å². The number of pyridine rings is 1. The van der Waals surface area contributed by atoms with Crippen LogP contribution in [0.2, 0.25) is 0 Å². The number of nitrogens with two attached hydrogens (primary N) is 2. The Morgan fingerprint density at radius 2 is 2.00 bits per heavy atom. The molecular weight excluding hydrogens is 214 g/mol. The molecular formula is C13H13N3O. The summed E-state index contributed by atoms with van der Waals surface area (Å²) in [5.41, 5.74) is 14.0. The monoisotopic (exact) mass is 227 g/mol. The third-order valence-corrected chi connectivity index (χ3v) is 2.57. The highest BCUT2D eigenvalue weighted by Crippen LogP contribution is 2.23. The smallest absolute Gasteiger partial charge is 0.248 e. The van der Waals surface area contributed by atoms with E-state index in [1.165, 1.54) is 0 Å². The molecule has 0 fully saturated rings. The van der Waals surface area contributed by atoms with Gasteiger partial charge in [0, 0.05) is 16.8 Å². The van der Waals surface area contributed by atoms with Crippen LogP contribution in [0.5, 0.6) is 0 Å². The van der Waals surface area contributed by atoms with Crippen LogP contribution in [0.3, 0.4) is 0 Å². The molecule has 4 heteroatoms. The second-order valence-electron chi connectivity index (χ2n) is 3.81. The lowest BCUT2D eigenvalue weighted by Crippen LogP contribution is -2.10. The van der Waals surface area contributed by atoms with Crippen molar-refractivity contribution in [3.63, 3.8) is 0 Å². The van der Waals surface area contributed by atoms with E-state index in [-0.39, 0.29) is 0 Å². The first-order valence-electron chi connectivity index (χ1n) is 5.21. The van der Waals surface area contributed by atoms with Crippen LogP contribution < -0.4 is 11.5 Å². The average molecular weight is 227 g/mol. The zero-order valence-corrected chi connectivity index (χ0v) is 9.47. The molecule has 2 aromatic rings. The standard InChI is InChI=1S/C13H13N3O/c1-8-11(5-6-12(14)16-8)9-3-2-4-10(7-9)13(15)17/h2-7H,1H3,(H2,14,16)(H2,15,17). The quantitative estimate of drug-likeness (QED) is 0.819. The van der Waals surface area contributed by atoms with Gasteiger partial charge in [0.15, 0.2) is 0 Å². The van der Waals surface area contributed by atoms with Crippen LogP contribution >= 0.6 is 0 Å². The van der Waals surface area contributed by atoms with Crippen molar-refractivity contribution in [2.45, 2.75) is 6.92 Å². The minimum absolute atomic E-state index is 0.437. The first-order chi connectivity index (χ1) is 8.08. The highest BCUT2D eigenvalue weighted by atomic mass is 16.1. The molecule has 0 radical (unpaired) electrons. The fourth-order valence-corrected chi connectivity index (χ4v) is 1.73. The third-order valence-electron chi connectivity index (χ3n) is 2.57. The molecule has 4 nitrogen and oxygen atoms in total. The number of primary amides is 1. The third kappa shape index (κ3) is 2.25. The van der Waals surface area contributed by atoms with Crippen molar-refractivity contribution in [3.8, 4) is 11.1 Å². The fourth-order valence-electron chi connectivity index (χ4n) is 1.73. The summed E-state index contributed by atoms with van der Waals surface area (Å²) in [6.45, 7) is 1.88. The van der Waals surface area contributed by atoms with Gasteiger partial charge in [-0.25, -0.2) is 4.98 Å². The molecule has 0 unspecified atom stereocenters. The largest absolute Gasteiger partial charge is 0.384 e. The van der Waals surface area contributed by atoms with Gasteiger partial charge < -0.3 is 11.5 Å². The lowest BCUT2D eigenvalue weighted by atomic mass is 10.0. The van der Waals surface area contributed by atoms with Crippen molar-refractivity contribution in [2.75, 3.05) is 5.73 Å². The summed E-state index contributed by atoms with van der Waals surface area (Å²) in [4.78, 5) is 15.3. The van der Waals surface area contributed by atoms with E-state index in [2.05, 4.69) is 4.98 Å². The molecule has 0 aliphatic carbocycles. The van der Waals surface area contributed by atoms with Crippen LogP contribution in [0.25, 0.3) is 11.1 Å². The number of hydrogen-bond donors (Lipinski definition) is 2. The SMILES string of the molecule is Cc1nc(N)ccc1-c1cccc(C(N)=O)c1. The number of hydrogen-bond acceptors (Lipinski definition) is 3. The Morgan fingerprint density at radius 3 is 2.65 bits per heavy atom. The summed E-state index contributed by atoms with van der Waals surface area (Å²) in [6.07, 6.45) is 0. The first-order valence-corrected chi connectivity index (χ1v) is 5.21. The second-order valence-corrected chi connectivity index (χ2v) is 3.81. The summed E-state index contributed by atoms with van der Waals surface area (Å²) in [6, 6.07) is 10.8. The van der Waals surface area contributed by atoms with E-state index in [0.29, 0.717) is 11.4 Å². The van der Waals surface area contributed by atoms with Gasteiger partial charge in [0.1, 0.15) is 5.82 Å². The number of carbonyl (C=O) groups is 1. The van der Waals surface area contributed by atoms with Gasteiger partial charge in [-0.15, -0.1) is 0 Å². The maximum atomic E-state index is 11.1. The van der Waals surface area contributed by atoms with E-state index in [1.807, 2.05) is 19.1 Å². The molecule has 1 aromatic carbocycles. The summed E-state index contributed by atoms with van der Waals surface area (Å²) in [7, 11) is 0. The number of aromatic nitrogens is 1. The Labute approximate surface area is 99.3 Å². The Bertz CT molecular complexity index is 579. The molecule has 0 spiro atoms. The Balaban J connectivity index is 2.53. The molecule has 0 aliphatic rings. The van der Waals surface area contributed by atoms with Crippen molar-refractivity contribution in [3.05, 3.63) is 47.7 Å². The van der Waals surface area contributed by atoms with Gasteiger partial charge in [-0.2, -0.15) is 0 Å². The fraction of sp³-hybridized carbons (Fsp3) is 0.0769. The molecule has 17 heavy (non-hydrogen) atoms. The minimum atomic E-state index is -0.437. The predicted octanol–water partition coefficient (Wildman–Crippen LogP) is 1.74. The van der Waals surface area contributed by atoms with Gasteiger partial charge in [-0.05, 0) is 36.8 Å². The highest BCUT2D eigenvalue weighted by molar-refractivity contribution is 5.94. The number of aryl methyl sites for hydroxylation is 1. The van der Waals surface area contributed by atoms with Gasteiger partial charge in [0.05, 0.1) is 0 Å².